The molecule has 2 N–H and O–H groups in total. The van der Waals surface area contributed by atoms with Crippen LogP contribution in [-0.2, 0) is 0 Å². The predicted molar refractivity (Wildman–Crippen MR) is 59.8 cm³/mol. The van der Waals surface area contributed by atoms with Gasteiger partial charge in [0.2, 0.25) is 0 Å². The lowest BCUT2D eigenvalue weighted by molar-refractivity contribution is 0.179. The van der Waals surface area contributed by atoms with E-state index in [0.717, 1.165) is 19.0 Å². The molecule has 0 rings (SSSR count). The molecule has 1 atom stereocenters. The van der Waals surface area contributed by atoms with Gasteiger partial charge in [-0.05, 0) is 18.9 Å². The number of hydrogen-bond donors (Lipinski definition) is 1. The van der Waals surface area contributed by atoms with Gasteiger partial charge in [-0.1, -0.05) is 34.1 Å². The molecular formula is C11H26N2. The second kappa shape index (κ2) is 7.34. The second-order valence-corrected chi connectivity index (χ2v) is 4.16. The molecule has 0 fully saturated rings. The summed E-state index contributed by atoms with van der Waals surface area (Å²) >= 11 is 0. The Morgan fingerprint density at radius 1 is 1.23 bits per heavy atom. The minimum atomic E-state index is 0.595. The Morgan fingerprint density at radius 3 is 2.15 bits per heavy atom. The van der Waals surface area contributed by atoms with Gasteiger partial charge in [-0.2, -0.15) is 0 Å². The summed E-state index contributed by atoms with van der Waals surface area (Å²) in [6.07, 6.45) is 2.47. The Morgan fingerprint density at radius 2 is 1.85 bits per heavy atom. The van der Waals surface area contributed by atoms with Gasteiger partial charge in [0.05, 0.1) is 0 Å². The van der Waals surface area contributed by atoms with Gasteiger partial charge in [0, 0.05) is 19.1 Å². The van der Waals surface area contributed by atoms with Gasteiger partial charge in [-0.3, -0.25) is 4.90 Å². The molecule has 2 heteroatoms. The summed E-state index contributed by atoms with van der Waals surface area (Å²) in [5, 5.41) is 0. The fourth-order valence-corrected chi connectivity index (χ4v) is 1.79. The molecule has 1 unspecified atom stereocenters. The van der Waals surface area contributed by atoms with E-state index in [0.29, 0.717) is 6.04 Å². The summed E-state index contributed by atoms with van der Waals surface area (Å²) in [6, 6.07) is 0.595. The maximum atomic E-state index is 5.77. The molecule has 0 amide bonds. The van der Waals surface area contributed by atoms with Crippen molar-refractivity contribution in [2.24, 2.45) is 11.7 Å². The molecule has 0 bridgehead atoms. The van der Waals surface area contributed by atoms with Crippen molar-refractivity contribution in [3.63, 3.8) is 0 Å². The molecule has 0 saturated carbocycles. The SMILES string of the molecule is CCCC(CN)N(CC)CC(C)C. The molecule has 0 aliphatic rings. The average Bonchev–Trinajstić information content (AvgIpc) is 2.10. The molecule has 0 aliphatic carbocycles. The number of hydrogen-bond acceptors (Lipinski definition) is 2. The third kappa shape index (κ3) is 5.27. The molecular weight excluding hydrogens is 160 g/mol. The number of rotatable bonds is 7. The largest absolute Gasteiger partial charge is 0.329 e. The first-order valence-corrected chi connectivity index (χ1v) is 5.59. The predicted octanol–water partition coefficient (Wildman–Crippen LogP) is 2.09. The van der Waals surface area contributed by atoms with Gasteiger partial charge >= 0.3 is 0 Å². The Bertz CT molecular complexity index is 113. The van der Waals surface area contributed by atoms with Crippen molar-refractivity contribution in [3.8, 4) is 0 Å². The first-order valence-electron chi connectivity index (χ1n) is 5.59. The summed E-state index contributed by atoms with van der Waals surface area (Å²) in [6.45, 7) is 12.1. The van der Waals surface area contributed by atoms with Crippen LogP contribution in [0.2, 0.25) is 0 Å². The molecule has 0 aliphatic heterocycles. The lowest BCUT2D eigenvalue weighted by Crippen LogP contribution is -2.42. The standard InChI is InChI=1S/C11H26N2/c1-5-7-11(8-12)13(6-2)9-10(3)4/h10-11H,5-9,12H2,1-4H3. The monoisotopic (exact) mass is 186 g/mol. The molecule has 0 spiro atoms. The number of nitrogens with two attached hydrogens (primary N) is 1. The number of nitrogens with zero attached hydrogens (tertiary/aromatic N) is 1. The smallest absolute Gasteiger partial charge is 0.0218 e. The van der Waals surface area contributed by atoms with Crippen molar-refractivity contribution in [2.75, 3.05) is 19.6 Å². The van der Waals surface area contributed by atoms with Gasteiger partial charge in [0.15, 0.2) is 0 Å². The zero-order valence-corrected chi connectivity index (χ0v) is 9.71. The minimum absolute atomic E-state index is 0.595. The fraction of sp³-hybridized carbons (Fsp3) is 1.00. The molecule has 0 saturated heterocycles. The molecule has 80 valence electrons. The normalized spacial score (nSPS) is 14.1. The lowest BCUT2D eigenvalue weighted by atomic mass is 10.1. The summed E-state index contributed by atoms with van der Waals surface area (Å²) in [4.78, 5) is 2.51. The van der Waals surface area contributed by atoms with Gasteiger partial charge in [-0.25, -0.2) is 0 Å². The minimum Gasteiger partial charge on any atom is -0.329 e. The maximum absolute atomic E-state index is 5.77. The summed E-state index contributed by atoms with van der Waals surface area (Å²) in [5.74, 6) is 0.742. The Kier molecular flexibility index (Phi) is 7.29. The Balaban J connectivity index is 4.00. The highest BCUT2D eigenvalue weighted by Crippen LogP contribution is 2.08. The van der Waals surface area contributed by atoms with Crippen LogP contribution in [0.1, 0.15) is 40.5 Å². The molecule has 0 radical (unpaired) electrons. The van der Waals surface area contributed by atoms with Crippen LogP contribution in [0.3, 0.4) is 0 Å². The van der Waals surface area contributed by atoms with E-state index in [1.165, 1.54) is 19.4 Å². The van der Waals surface area contributed by atoms with Crippen molar-refractivity contribution in [2.45, 2.75) is 46.6 Å². The van der Waals surface area contributed by atoms with Crippen LogP contribution in [-0.4, -0.2) is 30.6 Å². The molecule has 0 aromatic carbocycles. The van der Waals surface area contributed by atoms with Gasteiger partial charge in [0.1, 0.15) is 0 Å². The average molecular weight is 186 g/mol. The highest BCUT2D eigenvalue weighted by atomic mass is 15.2. The third-order valence-corrected chi connectivity index (χ3v) is 2.42. The summed E-state index contributed by atoms with van der Waals surface area (Å²) < 4.78 is 0. The molecule has 2 nitrogen and oxygen atoms in total. The van der Waals surface area contributed by atoms with E-state index >= 15 is 0 Å². The van der Waals surface area contributed by atoms with Gasteiger partial charge in [0.25, 0.3) is 0 Å². The zero-order chi connectivity index (χ0) is 10.3. The van der Waals surface area contributed by atoms with Crippen LogP contribution in [0.25, 0.3) is 0 Å². The van der Waals surface area contributed by atoms with E-state index in [2.05, 4.69) is 32.6 Å². The first-order chi connectivity index (χ1) is 6.15. The molecule has 0 aromatic heterocycles. The molecule has 0 aromatic rings. The topological polar surface area (TPSA) is 29.3 Å². The van der Waals surface area contributed by atoms with Crippen molar-refractivity contribution < 1.29 is 0 Å². The first kappa shape index (κ1) is 12.9. The van der Waals surface area contributed by atoms with E-state index in [4.69, 9.17) is 5.73 Å². The maximum Gasteiger partial charge on any atom is 0.0218 e. The van der Waals surface area contributed by atoms with E-state index < -0.39 is 0 Å². The lowest BCUT2D eigenvalue weighted by Gasteiger charge is -2.31. The zero-order valence-electron chi connectivity index (χ0n) is 9.71. The van der Waals surface area contributed by atoms with Gasteiger partial charge in [-0.15, -0.1) is 0 Å². The van der Waals surface area contributed by atoms with E-state index in [9.17, 15) is 0 Å². The van der Waals surface area contributed by atoms with E-state index in [1.54, 1.807) is 0 Å². The molecule has 0 heterocycles. The van der Waals surface area contributed by atoms with Crippen molar-refractivity contribution in [1.29, 1.82) is 0 Å². The van der Waals surface area contributed by atoms with Crippen LogP contribution in [0.15, 0.2) is 0 Å². The van der Waals surface area contributed by atoms with Crippen LogP contribution in [0.5, 0.6) is 0 Å². The van der Waals surface area contributed by atoms with Crippen molar-refractivity contribution in [3.05, 3.63) is 0 Å². The highest BCUT2D eigenvalue weighted by molar-refractivity contribution is 4.72. The Labute approximate surface area is 83.5 Å². The highest BCUT2D eigenvalue weighted by Gasteiger charge is 2.14. The van der Waals surface area contributed by atoms with Gasteiger partial charge < -0.3 is 5.73 Å². The summed E-state index contributed by atoms with van der Waals surface area (Å²) in [5.41, 5.74) is 5.77. The van der Waals surface area contributed by atoms with Crippen molar-refractivity contribution in [1.82, 2.24) is 4.90 Å². The number of likely N-dealkylation sites (N-methyl/N-ethyl adjacent to an activating group) is 1. The third-order valence-electron chi connectivity index (χ3n) is 2.42. The quantitative estimate of drug-likeness (QED) is 0.659. The van der Waals surface area contributed by atoms with Crippen LogP contribution in [0.4, 0.5) is 0 Å². The van der Waals surface area contributed by atoms with Crippen LogP contribution in [0, 0.1) is 5.92 Å². The summed E-state index contributed by atoms with van der Waals surface area (Å²) in [7, 11) is 0. The van der Waals surface area contributed by atoms with Crippen molar-refractivity contribution >= 4 is 0 Å². The Hall–Kier alpha value is -0.0800. The molecule has 13 heavy (non-hydrogen) atoms. The van der Waals surface area contributed by atoms with Crippen LogP contribution >= 0.6 is 0 Å². The van der Waals surface area contributed by atoms with Crippen LogP contribution < -0.4 is 5.73 Å². The van der Waals surface area contributed by atoms with E-state index in [1.807, 2.05) is 0 Å². The fourth-order valence-electron chi connectivity index (χ4n) is 1.79. The van der Waals surface area contributed by atoms with E-state index in [-0.39, 0.29) is 0 Å². The second-order valence-electron chi connectivity index (χ2n) is 4.16.